The van der Waals surface area contributed by atoms with E-state index in [1.807, 2.05) is 45.0 Å². The van der Waals surface area contributed by atoms with E-state index in [0.29, 0.717) is 11.6 Å². The first-order valence-corrected chi connectivity index (χ1v) is 13.5. The Morgan fingerprint density at radius 1 is 1.03 bits per heavy atom. The van der Waals surface area contributed by atoms with Crippen LogP contribution in [-0.4, -0.2) is 50.5 Å². The highest BCUT2D eigenvalue weighted by Gasteiger charge is 2.30. The van der Waals surface area contributed by atoms with Crippen LogP contribution in [0.15, 0.2) is 42.5 Å². The third-order valence-electron chi connectivity index (χ3n) is 5.18. The number of rotatable bonds is 10. The Morgan fingerprint density at radius 2 is 1.65 bits per heavy atom. The van der Waals surface area contributed by atoms with Crippen LogP contribution in [-0.2, 0) is 26.2 Å². The number of hydrogen-bond donors (Lipinski definition) is 1. The van der Waals surface area contributed by atoms with E-state index < -0.39 is 28.5 Å². The van der Waals surface area contributed by atoms with Crippen LogP contribution < -0.4 is 9.62 Å². The fourth-order valence-corrected chi connectivity index (χ4v) is 4.63. The Labute approximate surface area is 212 Å². The topological polar surface area (TPSA) is 86.8 Å². The van der Waals surface area contributed by atoms with E-state index in [4.69, 9.17) is 23.2 Å². The third-order valence-corrected chi connectivity index (χ3v) is 6.85. The summed E-state index contributed by atoms with van der Waals surface area (Å²) < 4.78 is 26.1. The molecule has 0 aromatic heterocycles. The minimum Gasteiger partial charge on any atom is -0.354 e. The zero-order valence-corrected chi connectivity index (χ0v) is 22.3. The predicted molar refractivity (Wildman–Crippen MR) is 138 cm³/mol. The molecule has 1 N–H and O–H groups in total. The van der Waals surface area contributed by atoms with Crippen molar-refractivity contribution in [1.29, 1.82) is 0 Å². The highest BCUT2D eigenvalue weighted by molar-refractivity contribution is 7.92. The third kappa shape index (κ3) is 7.89. The molecule has 34 heavy (non-hydrogen) atoms. The van der Waals surface area contributed by atoms with Gasteiger partial charge in [0.05, 0.1) is 17.0 Å². The molecular weight excluding hydrogens is 497 g/mol. The predicted octanol–water partition coefficient (Wildman–Crippen LogP) is 4.26. The van der Waals surface area contributed by atoms with Gasteiger partial charge < -0.3 is 10.2 Å². The summed E-state index contributed by atoms with van der Waals surface area (Å²) in [5.41, 5.74) is 2.01. The standard InChI is InChI=1S/C24H31Cl2N3O4S/c1-16(2)13-27-24(31)18(4)28(14-19-8-6-17(3)7-9-19)23(30)15-29(34(5,32)33)22-11-10-20(25)12-21(22)26/h6-12,16,18H,13-15H2,1-5H3,(H,27,31). The van der Waals surface area contributed by atoms with Gasteiger partial charge >= 0.3 is 0 Å². The van der Waals surface area contributed by atoms with Crippen LogP contribution in [0.2, 0.25) is 10.0 Å². The van der Waals surface area contributed by atoms with Gasteiger partial charge in [0.2, 0.25) is 21.8 Å². The second kappa shape index (κ2) is 11.9. The summed E-state index contributed by atoms with van der Waals surface area (Å²) in [5, 5.41) is 3.28. The molecule has 2 aromatic rings. The molecule has 186 valence electrons. The van der Waals surface area contributed by atoms with Crippen LogP contribution in [0.5, 0.6) is 0 Å². The SMILES string of the molecule is Cc1ccc(CN(C(=O)CN(c2ccc(Cl)cc2Cl)S(C)(=O)=O)C(C)C(=O)NCC(C)C)cc1. The van der Waals surface area contributed by atoms with Crippen molar-refractivity contribution in [2.75, 3.05) is 23.7 Å². The molecule has 2 aromatic carbocycles. The molecule has 1 unspecified atom stereocenters. The van der Waals surface area contributed by atoms with Gasteiger partial charge in [-0.1, -0.05) is 66.9 Å². The summed E-state index contributed by atoms with van der Waals surface area (Å²) in [6, 6.07) is 11.1. The maximum absolute atomic E-state index is 13.5. The van der Waals surface area contributed by atoms with Crippen LogP contribution in [0.4, 0.5) is 5.69 Å². The quantitative estimate of drug-likeness (QED) is 0.500. The maximum Gasteiger partial charge on any atom is 0.244 e. The lowest BCUT2D eigenvalue weighted by Crippen LogP contribution is -2.51. The lowest BCUT2D eigenvalue weighted by atomic mass is 10.1. The Bertz CT molecular complexity index is 1120. The molecule has 7 nitrogen and oxygen atoms in total. The Morgan fingerprint density at radius 3 is 2.18 bits per heavy atom. The number of carbonyl (C=O) groups is 2. The molecule has 0 aliphatic heterocycles. The monoisotopic (exact) mass is 527 g/mol. The lowest BCUT2D eigenvalue weighted by Gasteiger charge is -2.32. The zero-order chi connectivity index (χ0) is 25.6. The Balaban J connectivity index is 2.39. The van der Waals surface area contributed by atoms with Crippen LogP contribution >= 0.6 is 23.2 Å². The molecule has 0 radical (unpaired) electrons. The van der Waals surface area contributed by atoms with Crippen molar-refractivity contribution >= 4 is 50.7 Å². The highest BCUT2D eigenvalue weighted by Crippen LogP contribution is 2.30. The largest absolute Gasteiger partial charge is 0.354 e. The number of hydrogen-bond acceptors (Lipinski definition) is 4. The summed E-state index contributed by atoms with van der Waals surface area (Å²) >= 11 is 12.2. The number of carbonyl (C=O) groups excluding carboxylic acids is 2. The van der Waals surface area contributed by atoms with Gasteiger partial charge in [0, 0.05) is 18.1 Å². The van der Waals surface area contributed by atoms with Crippen molar-refractivity contribution < 1.29 is 18.0 Å². The van der Waals surface area contributed by atoms with Crippen LogP contribution in [0.25, 0.3) is 0 Å². The first-order valence-electron chi connectivity index (χ1n) is 10.8. The van der Waals surface area contributed by atoms with E-state index in [0.717, 1.165) is 21.7 Å². The van der Waals surface area contributed by atoms with Crippen LogP contribution in [0.3, 0.4) is 0 Å². The molecule has 2 rings (SSSR count). The van der Waals surface area contributed by atoms with Crippen molar-refractivity contribution in [2.45, 2.75) is 40.3 Å². The fraction of sp³-hybridized carbons (Fsp3) is 0.417. The van der Waals surface area contributed by atoms with Crippen LogP contribution in [0, 0.1) is 12.8 Å². The molecule has 0 aliphatic carbocycles. The first kappa shape index (κ1) is 28.0. The fourth-order valence-electron chi connectivity index (χ4n) is 3.20. The van der Waals surface area contributed by atoms with Crippen molar-refractivity contribution in [3.63, 3.8) is 0 Å². The number of amides is 2. The molecule has 0 fully saturated rings. The number of halogens is 2. The van der Waals surface area contributed by atoms with Gasteiger partial charge in [0.25, 0.3) is 0 Å². The Hall–Kier alpha value is -2.29. The number of sulfonamides is 1. The number of benzene rings is 2. The van der Waals surface area contributed by atoms with E-state index in [1.165, 1.54) is 23.1 Å². The summed E-state index contributed by atoms with van der Waals surface area (Å²) in [7, 11) is -3.87. The number of nitrogens with one attached hydrogen (secondary N) is 1. The average Bonchev–Trinajstić information content (AvgIpc) is 2.74. The minimum atomic E-state index is -3.87. The number of nitrogens with zero attached hydrogens (tertiary/aromatic N) is 2. The second-order valence-corrected chi connectivity index (χ2v) is 11.4. The van der Waals surface area contributed by atoms with Gasteiger partial charge in [0.1, 0.15) is 12.6 Å². The summed E-state index contributed by atoms with van der Waals surface area (Å²) in [6.45, 7) is 7.61. The van der Waals surface area contributed by atoms with Gasteiger partial charge in [-0.15, -0.1) is 0 Å². The molecule has 0 spiro atoms. The summed E-state index contributed by atoms with van der Waals surface area (Å²) in [6.07, 6.45) is 0.994. The Kier molecular flexibility index (Phi) is 9.79. The van der Waals surface area contributed by atoms with Crippen molar-refractivity contribution in [2.24, 2.45) is 5.92 Å². The van der Waals surface area contributed by atoms with E-state index in [2.05, 4.69) is 5.32 Å². The highest BCUT2D eigenvalue weighted by atomic mass is 35.5. The second-order valence-electron chi connectivity index (χ2n) is 8.69. The first-order chi connectivity index (χ1) is 15.8. The van der Waals surface area contributed by atoms with E-state index >= 15 is 0 Å². The van der Waals surface area contributed by atoms with Gasteiger partial charge in [-0.05, 0) is 43.5 Å². The van der Waals surface area contributed by atoms with Crippen molar-refractivity contribution in [3.8, 4) is 0 Å². The molecule has 0 saturated carbocycles. The summed E-state index contributed by atoms with van der Waals surface area (Å²) in [4.78, 5) is 27.7. The number of aryl methyl sites for hydroxylation is 1. The molecule has 1 atom stereocenters. The maximum atomic E-state index is 13.5. The summed E-state index contributed by atoms with van der Waals surface area (Å²) in [5.74, 6) is -0.612. The van der Waals surface area contributed by atoms with Crippen LogP contribution in [0.1, 0.15) is 31.9 Å². The average molecular weight is 529 g/mol. The van der Waals surface area contributed by atoms with Crippen molar-refractivity contribution in [3.05, 3.63) is 63.6 Å². The minimum absolute atomic E-state index is 0.0959. The molecular formula is C24H31Cl2N3O4S. The zero-order valence-electron chi connectivity index (χ0n) is 20.0. The molecule has 0 heterocycles. The van der Waals surface area contributed by atoms with Gasteiger partial charge in [-0.3, -0.25) is 13.9 Å². The normalized spacial score (nSPS) is 12.4. The lowest BCUT2D eigenvalue weighted by molar-refractivity contribution is -0.139. The molecule has 0 bridgehead atoms. The van der Waals surface area contributed by atoms with E-state index in [-0.39, 0.29) is 29.1 Å². The number of anilines is 1. The van der Waals surface area contributed by atoms with Gasteiger partial charge in [-0.25, -0.2) is 8.42 Å². The molecule has 0 saturated heterocycles. The molecule has 10 heteroatoms. The van der Waals surface area contributed by atoms with E-state index in [9.17, 15) is 18.0 Å². The molecule has 0 aliphatic rings. The van der Waals surface area contributed by atoms with E-state index in [1.54, 1.807) is 6.92 Å². The molecule has 2 amide bonds. The smallest absolute Gasteiger partial charge is 0.244 e. The van der Waals surface area contributed by atoms with Gasteiger partial charge in [0.15, 0.2) is 0 Å². The van der Waals surface area contributed by atoms with Crippen molar-refractivity contribution in [1.82, 2.24) is 10.2 Å². The van der Waals surface area contributed by atoms with Gasteiger partial charge in [-0.2, -0.15) is 0 Å².